The number of amidine groups is 1. The van der Waals surface area contributed by atoms with E-state index in [1.807, 2.05) is 0 Å². The third-order valence-corrected chi connectivity index (χ3v) is 3.91. The zero-order chi connectivity index (χ0) is 20.8. The molecule has 0 bridgehead atoms. The van der Waals surface area contributed by atoms with Gasteiger partial charge in [-0.1, -0.05) is 5.92 Å². The van der Waals surface area contributed by atoms with Crippen molar-refractivity contribution in [2.24, 2.45) is 10.7 Å². The molecule has 0 aliphatic heterocycles. The Morgan fingerprint density at radius 2 is 2.21 bits per heavy atom. The zero-order valence-electron chi connectivity index (χ0n) is 15.0. The molecule has 1 aliphatic carbocycles. The van der Waals surface area contributed by atoms with Gasteiger partial charge in [-0.05, 0) is 12.5 Å². The summed E-state index contributed by atoms with van der Waals surface area (Å²) in [6, 6.07) is 1.14. The Balaban J connectivity index is 1.65. The van der Waals surface area contributed by atoms with Gasteiger partial charge in [0.1, 0.15) is 11.8 Å². The number of aliphatic imine (C=N–C) groups is 1. The first-order valence-electron chi connectivity index (χ1n) is 8.39. The van der Waals surface area contributed by atoms with Crippen molar-refractivity contribution >= 4 is 17.6 Å². The zero-order valence-corrected chi connectivity index (χ0v) is 15.0. The fourth-order valence-electron chi connectivity index (χ4n) is 2.49. The van der Waals surface area contributed by atoms with Crippen molar-refractivity contribution in [3.63, 3.8) is 0 Å². The van der Waals surface area contributed by atoms with E-state index in [9.17, 15) is 13.6 Å². The molecule has 2 heterocycles. The van der Waals surface area contributed by atoms with Gasteiger partial charge in [0.05, 0.1) is 24.3 Å². The van der Waals surface area contributed by atoms with E-state index in [-0.39, 0.29) is 41.4 Å². The maximum Gasteiger partial charge on any atom is 0.284 e. The van der Waals surface area contributed by atoms with Gasteiger partial charge in [-0.15, -0.1) is 6.42 Å². The van der Waals surface area contributed by atoms with Crippen LogP contribution in [0.1, 0.15) is 28.4 Å². The Kier molecular flexibility index (Phi) is 6.13. The molecule has 0 radical (unpaired) electrons. The van der Waals surface area contributed by atoms with Crippen molar-refractivity contribution in [1.29, 1.82) is 0 Å². The number of hydrogen-bond acceptors (Lipinski definition) is 7. The topological polar surface area (TPSA) is 125 Å². The van der Waals surface area contributed by atoms with Crippen molar-refractivity contribution in [2.75, 3.05) is 18.7 Å². The molecule has 2 aromatic heterocycles. The lowest BCUT2D eigenvalue weighted by molar-refractivity contribution is 0.102. The fourth-order valence-corrected chi connectivity index (χ4v) is 2.49. The predicted octanol–water partition coefficient (Wildman–Crippen LogP) is 1.39. The second-order valence-electron chi connectivity index (χ2n) is 5.91. The van der Waals surface area contributed by atoms with Crippen molar-refractivity contribution in [3.05, 3.63) is 41.9 Å². The number of terminal acetylenes is 1. The number of halogens is 2. The monoisotopic (exact) mass is 402 g/mol. The van der Waals surface area contributed by atoms with Crippen LogP contribution in [0.25, 0.3) is 0 Å². The van der Waals surface area contributed by atoms with E-state index >= 15 is 0 Å². The molecule has 0 saturated heterocycles. The average Bonchev–Trinajstić information content (AvgIpc) is 3.47. The van der Waals surface area contributed by atoms with E-state index in [1.54, 1.807) is 0 Å². The smallest absolute Gasteiger partial charge is 0.284 e. The van der Waals surface area contributed by atoms with Crippen LogP contribution in [0.15, 0.2) is 29.6 Å². The lowest BCUT2D eigenvalue weighted by atomic mass is 10.1. The molecule has 2 atom stereocenters. The summed E-state index contributed by atoms with van der Waals surface area (Å²) in [6.45, 7) is -0.970. The van der Waals surface area contributed by atoms with Gasteiger partial charge in [-0.25, -0.2) is 24.3 Å². The van der Waals surface area contributed by atoms with E-state index < -0.39 is 24.8 Å². The third-order valence-electron chi connectivity index (χ3n) is 3.91. The highest BCUT2D eigenvalue weighted by Gasteiger charge is 2.43. The number of carbonyl (C=O) groups is 1. The standard InChI is InChI=1S/C18H16F2N6O3/c1-2-3-28-15-8-22-13(7-23-15)17(27)26-10-4-12(16(20)24-6-10)11-5-14(11)29-18(21)25-9-19/h1,4,6-8,11,14H,3,5,9H2,(H2,21,25)(H,26,27)/t11-,14-/m1/s1. The highest BCUT2D eigenvalue weighted by atomic mass is 19.1. The molecule has 1 amide bonds. The first-order chi connectivity index (χ1) is 14.0. The SMILES string of the molecule is C#CCOc1cnc(C(=O)Nc2cnc(F)c([C@H]3C[C@H]3O/C(N)=N\CF)c2)cn1. The second-order valence-corrected chi connectivity index (χ2v) is 5.91. The van der Waals surface area contributed by atoms with Crippen LogP contribution < -0.4 is 15.8 Å². The Morgan fingerprint density at radius 1 is 1.38 bits per heavy atom. The Bertz CT molecular complexity index is 961. The van der Waals surface area contributed by atoms with Gasteiger partial charge in [0.15, 0.2) is 13.4 Å². The summed E-state index contributed by atoms with van der Waals surface area (Å²) in [5, 5.41) is 2.56. The Morgan fingerprint density at radius 3 is 2.90 bits per heavy atom. The van der Waals surface area contributed by atoms with Crippen LogP contribution in [0, 0.1) is 18.3 Å². The molecule has 29 heavy (non-hydrogen) atoms. The summed E-state index contributed by atoms with van der Waals surface area (Å²) in [7, 11) is 0. The normalized spacial score (nSPS) is 17.9. The number of aromatic nitrogens is 3. The molecule has 9 nitrogen and oxygen atoms in total. The molecule has 3 N–H and O–H groups in total. The molecule has 2 aromatic rings. The highest BCUT2D eigenvalue weighted by Crippen LogP contribution is 2.44. The quantitative estimate of drug-likeness (QED) is 0.236. The van der Waals surface area contributed by atoms with Gasteiger partial charge < -0.3 is 20.5 Å². The maximum absolute atomic E-state index is 14.1. The lowest BCUT2D eigenvalue weighted by Gasteiger charge is -2.08. The summed E-state index contributed by atoms with van der Waals surface area (Å²) in [4.78, 5) is 27.1. The van der Waals surface area contributed by atoms with Gasteiger partial charge in [-0.3, -0.25) is 4.79 Å². The number of rotatable bonds is 7. The van der Waals surface area contributed by atoms with Crippen LogP contribution in [0.2, 0.25) is 0 Å². The van der Waals surface area contributed by atoms with Crippen LogP contribution in [0.3, 0.4) is 0 Å². The minimum absolute atomic E-state index is 0.0202. The number of nitrogens with two attached hydrogens (primary N) is 1. The number of pyridine rings is 1. The summed E-state index contributed by atoms with van der Waals surface area (Å²) in [6.07, 6.45) is 8.76. The molecular weight excluding hydrogens is 386 g/mol. The van der Waals surface area contributed by atoms with Gasteiger partial charge in [-0.2, -0.15) is 4.39 Å². The molecule has 0 unspecified atom stereocenters. The molecule has 1 saturated carbocycles. The largest absolute Gasteiger partial charge is 0.463 e. The number of nitrogens with one attached hydrogen (secondary N) is 1. The number of carbonyl (C=O) groups excluding carboxylic acids is 1. The first-order valence-corrected chi connectivity index (χ1v) is 8.39. The van der Waals surface area contributed by atoms with Crippen LogP contribution in [0.4, 0.5) is 14.5 Å². The second kappa shape index (κ2) is 8.92. The molecule has 1 fully saturated rings. The lowest BCUT2D eigenvalue weighted by Crippen LogP contribution is -2.18. The number of amides is 1. The van der Waals surface area contributed by atoms with Crippen LogP contribution in [0.5, 0.6) is 5.88 Å². The van der Waals surface area contributed by atoms with Gasteiger partial charge in [0.2, 0.25) is 11.8 Å². The molecule has 0 spiro atoms. The highest BCUT2D eigenvalue weighted by molar-refractivity contribution is 6.02. The number of nitrogens with zero attached hydrogens (tertiary/aromatic N) is 4. The number of anilines is 1. The molecular formula is C18H16F2N6O3. The predicted molar refractivity (Wildman–Crippen MR) is 98.3 cm³/mol. The van der Waals surface area contributed by atoms with Gasteiger partial charge in [0, 0.05) is 11.5 Å². The van der Waals surface area contributed by atoms with Crippen LogP contribution in [-0.2, 0) is 4.74 Å². The van der Waals surface area contributed by atoms with Gasteiger partial charge >= 0.3 is 0 Å². The number of alkyl halides is 1. The summed E-state index contributed by atoms with van der Waals surface area (Å²) < 4.78 is 36.5. The van der Waals surface area contributed by atoms with E-state index in [0.717, 1.165) is 0 Å². The van der Waals surface area contributed by atoms with Crippen LogP contribution >= 0.6 is 0 Å². The summed E-state index contributed by atoms with van der Waals surface area (Å²) in [5.41, 5.74) is 5.91. The Labute approximate surface area is 164 Å². The fraction of sp³-hybridized carbons (Fsp3) is 0.278. The first kappa shape index (κ1) is 19.9. The number of ether oxygens (including phenoxy) is 2. The van der Waals surface area contributed by atoms with Gasteiger partial charge in [0.25, 0.3) is 11.9 Å². The minimum Gasteiger partial charge on any atom is -0.463 e. The van der Waals surface area contributed by atoms with Crippen molar-refractivity contribution in [2.45, 2.75) is 18.4 Å². The molecule has 3 rings (SSSR count). The van der Waals surface area contributed by atoms with E-state index in [4.69, 9.17) is 21.6 Å². The summed E-state index contributed by atoms with van der Waals surface area (Å²) in [5.74, 6) is 0.866. The molecule has 11 heteroatoms. The molecule has 0 aromatic carbocycles. The van der Waals surface area contributed by atoms with Crippen LogP contribution in [-0.4, -0.2) is 46.4 Å². The van der Waals surface area contributed by atoms with Crippen molar-refractivity contribution in [3.8, 4) is 18.2 Å². The number of hydrogen-bond donors (Lipinski definition) is 2. The third kappa shape index (κ3) is 5.13. The van der Waals surface area contributed by atoms with E-state index in [0.29, 0.717) is 6.42 Å². The van der Waals surface area contributed by atoms with Crippen molar-refractivity contribution in [1.82, 2.24) is 15.0 Å². The van der Waals surface area contributed by atoms with Crippen molar-refractivity contribution < 1.29 is 23.0 Å². The van der Waals surface area contributed by atoms with E-state index in [2.05, 4.69) is 31.2 Å². The average molecular weight is 402 g/mol. The molecule has 150 valence electrons. The summed E-state index contributed by atoms with van der Waals surface area (Å²) >= 11 is 0. The van der Waals surface area contributed by atoms with E-state index in [1.165, 1.54) is 24.7 Å². The Hall–Kier alpha value is -3.81. The molecule has 1 aliphatic rings. The minimum atomic E-state index is -0.999. The maximum atomic E-state index is 14.1.